The molecule has 0 fully saturated rings. The Morgan fingerprint density at radius 1 is 1.38 bits per heavy atom. The van der Waals surface area contributed by atoms with Gasteiger partial charge in [-0.05, 0) is 12.1 Å². The number of pyridine rings is 1. The molecule has 0 aromatic rings. The summed E-state index contributed by atoms with van der Waals surface area (Å²) in [6.07, 6.45) is 1.28. The number of hydrogen-bond donors (Lipinski definition) is 2. The Morgan fingerprint density at radius 3 is 2.85 bits per heavy atom. The first-order valence-corrected chi connectivity index (χ1v) is 3.46. The van der Waals surface area contributed by atoms with Crippen LogP contribution in [-0.2, 0) is 0 Å². The maximum atomic E-state index is 11.1. The SMILES string of the molecule is O=c1nnc(O)c2n(O)cccc1-2. The van der Waals surface area contributed by atoms with Gasteiger partial charge in [-0.15, -0.1) is 10.2 Å². The molecule has 0 spiro atoms. The summed E-state index contributed by atoms with van der Waals surface area (Å²) in [6.45, 7) is 0. The molecule has 0 atom stereocenters. The van der Waals surface area contributed by atoms with Crippen molar-refractivity contribution in [1.29, 1.82) is 0 Å². The molecule has 0 amide bonds. The van der Waals surface area contributed by atoms with Crippen LogP contribution in [0, 0.1) is 0 Å². The average molecular weight is 179 g/mol. The standard InChI is InChI=1S/C7H5N3O3/c11-6-4-2-1-3-10(13)5(4)7(12)9-8-6/h1-3,12-13H. The molecule has 0 aromatic carbocycles. The van der Waals surface area contributed by atoms with Crippen LogP contribution in [0.4, 0.5) is 0 Å². The molecule has 0 aromatic heterocycles. The first kappa shape index (κ1) is 7.53. The second-order valence-corrected chi connectivity index (χ2v) is 2.44. The van der Waals surface area contributed by atoms with Gasteiger partial charge in [0, 0.05) is 6.20 Å². The summed E-state index contributed by atoms with van der Waals surface area (Å²) >= 11 is 0. The van der Waals surface area contributed by atoms with Gasteiger partial charge in [-0.3, -0.25) is 4.79 Å². The van der Waals surface area contributed by atoms with E-state index in [-0.39, 0.29) is 11.3 Å². The molecule has 0 bridgehead atoms. The van der Waals surface area contributed by atoms with Gasteiger partial charge in [0.25, 0.3) is 11.4 Å². The van der Waals surface area contributed by atoms with Crippen LogP contribution < -0.4 is 5.56 Å². The number of nitrogens with zero attached hydrogens (tertiary/aromatic N) is 3. The molecule has 0 aliphatic carbocycles. The largest absolute Gasteiger partial charge is 0.491 e. The quantitative estimate of drug-likeness (QED) is 0.541. The van der Waals surface area contributed by atoms with Crippen molar-refractivity contribution in [1.82, 2.24) is 14.9 Å². The normalized spacial score (nSPS) is 10.5. The van der Waals surface area contributed by atoms with E-state index in [4.69, 9.17) is 0 Å². The van der Waals surface area contributed by atoms with E-state index >= 15 is 0 Å². The lowest BCUT2D eigenvalue weighted by Crippen LogP contribution is -2.15. The zero-order chi connectivity index (χ0) is 9.42. The van der Waals surface area contributed by atoms with Crippen LogP contribution in [0.3, 0.4) is 0 Å². The first-order valence-electron chi connectivity index (χ1n) is 3.46. The molecule has 0 saturated heterocycles. The summed E-state index contributed by atoms with van der Waals surface area (Å²) in [6, 6.07) is 2.91. The minimum Gasteiger partial charge on any atom is -0.491 e. The van der Waals surface area contributed by atoms with E-state index in [0.29, 0.717) is 4.73 Å². The van der Waals surface area contributed by atoms with Crippen LogP contribution in [0.25, 0.3) is 11.3 Å². The lowest BCUT2D eigenvalue weighted by molar-refractivity contribution is 0.185. The summed E-state index contributed by atoms with van der Waals surface area (Å²) in [7, 11) is 0. The van der Waals surface area contributed by atoms with Crippen LogP contribution in [0.1, 0.15) is 0 Å². The number of aromatic nitrogens is 3. The molecule has 2 aliphatic rings. The number of hydrogen-bond acceptors (Lipinski definition) is 5. The Hall–Kier alpha value is -2.11. The average Bonchev–Trinajstić information content (AvgIpc) is 2.12. The second-order valence-electron chi connectivity index (χ2n) is 2.44. The Morgan fingerprint density at radius 2 is 2.15 bits per heavy atom. The van der Waals surface area contributed by atoms with Gasteiger partial charge in [0.15, 0.2) is 5.69 Å². The molecule has 2 rings (SSSR count). The van der Waals surface area contributed by atoms with Gasteiger partial charge in [-0.2, -0.15) is 4.73 Å². The van der Waals surface area contributed by atoms with Gasteiger partial charge < -0.3 is 10.3 Å². The van der Waals surface area contributed by atoms with Crippen molar-refractivity contribution in [2.45, 2.75) is 0 Å². The van der Waals surface area contributed by atoms with Crippen LogP contribution in [0.5, 0.6) is 5.88 Å². The summed E-state index contributed by atoms with van der Waals surface area (Å²) < 4.78 is 0.626. The Balaban J connectivity index is 2.96. The molecule has 0 unspecified atom stereocenters. The third kappa shape index (κ3) is 0.994. The lowest BCUT2D eigenvalue weighted by Gasteiger charge is -2.07. The Kier molecular flexibility index (Phi) is 1.42. The fraction of sp³-hybridized carbons (Fsp3) is 0. The van der Waals surface area contributed by atoms with Gasteiger partial charge in [-0.25, -0.2) is 0 Å². The van der Waals surface area contributed by atoms with Gasteiger partial charge in [-0.1, -0.05) is 0 Å². The minimum atomic E-state index is -0.587. The third-order valence-electron chi connectivity index (χ3n) is 1.65. The first-order chi connectivity index (χ1) is 6.20. The van der Waals surface area contributed by atoms with Gasteiger partial charge in [0.1, 0.15) is 0 Å². The molecule has 0 radical (unpaired) electrons. The van der Waals surface area contributed by atoms with E-state index in [1.165, 1.54) is 18.3 Å². The van der Waals surface area contributed by atoms with Crippen molar-refractivity contribution in [2.75, 3.05) is 0 Å². The maximum absolute atomic E-state index is 11.1. The molecule has 66 valence electrons. The van der Waals surface area contributed by atoms with E-state index in [2.05, 4.69) is 10.2 Å². The molecule has 2 aliphatic heterocycles. The maximum Gasteiger partial charge on any atom is 0.297 e. The smallest absolute Gasteiger partial charge is 0.297 e. The summed E-state index contributed by atoms with van der Waals surface area (Å²) in [5.41, 5.74) is -0.504. The van der Waals surface area contributed by atoms with Crippen LogP contribution in [0.15, 0.2) is 23.1 Å². The van der Waals surface area contributed by atoms with Crippen molar-refractivity contribution >= 4 is 0 Å². The van der Waals surface area contributed by atoms with Crippen molar-refractivity contribution in [3.05, 3.63) is 28.7 Å². The Labute approximate surface area is 72.0 Å². The molecule has 13 heavy (non-hydrogen) atoms. The zero-order valence-corrected chi connectivity index (χ0v) is 6.38. The van der Waals surface area contributed by atoms with E-state index < -0.39 is 11.4 Å². The van der Waals surface area contributed by atoms with Gasteiger partial charge in [0.2, 0.25) is 0 Å². The van der Waals surface area contributed by atoms with Gasteiger partial charge >= 0.3 is 0 Å². The number of rotatable bonds is 0. The van der Waals surface area contributed by atoms with E-state index in [0.717, 1.165) is 0 Å². The Bertz CT molecular complexity index is 479. The highest BCUT2D eigenvalue weighted by molar-refractivity contribution is 5.63. The summed E-state index contributed by atoms with van der Waals surface area (Å²) in [5, 5.41) is 24.8. The third-order valence-corrected chi connectivity index (χ3v) is 1.65. The van der Waals surface area contributed by atoms with Crippen molar-refractivity contribution in [3.8, 4) is 17.1 Å². The van der Waals surface area contributed by atoms with Crippen LogP contribution >= 0.6 is 0 Å². The highest BCUT2D eigenvalue weighted by Gasteiger charge is 2.16. The van der Waals surface area contributed by atoms with E-state index in [1.807, 2.05) is 0 Å². The molecular formula is C7H5N3O3. The summed E-state index contributed by atoms with van der Waals surface area (Å²) in [4.78, 5) is 11.1. The van der Waals surface area contributed by atoms with Gasteiger partial charge in [0.05, 0.1) is 5.56 Å². The molecule has 0 saturated carbocycles. The number of aromatic hydroxyl groups is 1. The summed E-state index contributed by atoms with van der Waals surface area (Å²) in [5.74, 6) is -0.474. The predicted octanol–water partition coefficient (Wildman–Crippen LogP) is -0.314. The molecule has 2 N–H and O–H groups in total. The fourth-order valence-electron chi connectivity index (χ4n) is 1.09. The highest BCUT2D eigenvalue weighted by atomic mass is 16.5. The van der Waals surface area contributed by atoms with E-state index in [9.17, 15) is 15.1 Å². The monoisotopic (exact) mass is 179 g/mol. The molecule has 2 heterocycles. The fourth-order valence-corrected chi connectivity index (χ4v) is 1.09. The predicted molar refractivity (Wildman–Crippen MR) is 41.8 cm³/mol. The molecule has 6 heteroatoms. The second kappa shape index (κ2) is 2.44. The van der Waals surface area contributed by atoms with Crippen LogP contribution in [-0.4, -0.2) is 25.2 Å². The lowest BCUT2D eigenvalue weighted by atomic mass is 10.2. The van der Waals surface area contributed by atoms with Crippen molar-refractivity contribution in [3.63, 3.8) is 0 Å². The highest BCUT2D eigenvalue weighted by Crippen LogP contribution is 2.22. The zero-order valence-electron chi connectivity index (χ0n) is 6.38. The minimum absolute atomic E-state index is 0.0394. The van der Waals surface area contributed by atoms with E-state index in [1.54, 1.807) is 0 Å². The van der Waals surface area contributed by atoms with Crippen molar-refractivity contribution in [2.24, 2.45) is 0 Å². The number of fused-ring (bicyclic) bond motifs is 1. The van der Waals surface area contributed by atoms with Crippen molar-refractivity contribution < 1.29 is 10.3 Å². The van der Waals surface area contributed by atoms with Crippen LogP contribution in [0.2, 0.25) is 0 Å². The topological polar surface area (TPSA) is 88.2 Å². The molecular weight excluding hydrogens is 174 g/mol. The molecule has 6 nitrogen and oxygen atoms in total.